The Labute approximate surface area is 575 Å². The normalized spacial score (nSPS) is 14.2. The molecule has 0 amide bonds. The largest absolute Gasteiger partial charge is 0.472 e. The minimum Gasteiger partial charge on any atom is -0.462 e. The van der Waals surface area contributed by atoms with Crippen LogP contribution in [0.3, 0.4) is 0 Å². The molecular weight excluding hydrogens is 1230 g/mol. The first-order chi connectivity index (χ1) is 45.1. The van der Waals surface area contributed by atoms with Crippen LogP contribution < -0.4 is 0 Å². The minimum absolute atomic E-state index is 0.103. The van der Waals surface area contributed by atoms with Crippen molar-refractivity contribution < 1.29 is 80.2 Å². The number of unbranched alkanes of at least 4 members (excludes halogenated alkanes) is 38. The van der Waals surface area contributed by atoms with Gasteiger partial charge in [-0.1, -0.05) is 325 Å². The van der Waals surface area contributed by atoms with Crippen LogP contribution in [0.25, 0.3) is 0 Å². The van der Waals surface area contributed by atoms with Crippen molar-refractivity contribution in [1.82, 2.24) is 0 Å². The van der Waals surface area contributed by atoms with Gasteiger partial charge in [-0.25, -0.2) is 9.13 Å². The molecular formula is C75H146O17P2. The molecule has 94 heavy (non-hydrogen) atoms. The van der Waals surface area contributed by atoms with Crippen LogP contribution in [0.15, 0.2) is 0 Å². The maximum atomic E-state index is 13.1. The van der Waals surface area contributed by atoms with Crippen LogP contribution in [-0.4, -0.2) is 96.7 Å². The second-order valence-electron chi connectivity index (χ2n) is 28.9. The number of rotatable bonds is 72. The van der Waals surface area contributed by atoms with Crippen molar-refractivity contribution in [1.29, 1.82) is 0 Å². The van der Waals surface area contributed by atoms with Gasteiger partial charge in [0.15, 0.2) is 12.2 Å². The van der Waals surface area contributed by atoms with Gasteiger partial charge in [0.25, 0.3) is 0 Å². The summed E-state index contributed by atoms with van der Waals surface area (Å²) < 4.78 is 68.4. The third kappa shape index (κ3) is 68.6. The van der Waals surface area contributed by atoms with E-state index < -0.39 is 97.5 Å². The van der Waals surface area contributed by atoms with Crippen molar-refractivity contribution in [2.75, 3.05) is 39.6 Å². The van der Waals surface area contributed by atoms with E-state index in [9.17, 15) is 43.2 Å². The van der Waals surface area contributed by atoms with Gasteiger partial charge in [-0.2, -0.15) is 0 Å². The van der Waals surface area contributed by atoms with Crippen LogP contribution in [0, 0.1) is 23.7 Å². The van der Waals surface area contributed by atoms with Gasteiger partial charge in [-0.05, 0) is 49.4 Å². The number of carbonyl (C=O) groups is 4. The molecule has 0 saturated heterocycles. The zero-order valence-electron chi connectivity index (χ0n) is 61.6. The zero-order valence-corrected chi connectivity index (χ0v) is 63.4. The topological polar surface area (TPSA) is 237 Å². The van der Waals surface area contributed by atoms with E-state index in [-0.39, 0.29) is 25.7 Å². The van der Waals surface area contributed by atoms with Gasteiger partial charge in [0.2, 0.25) is 0 Å². The van der Waals surface area contributed by atoms with Crippen molar-refractivity contribution >= 4 is 39.5 Å². The minimum atomic E-state index is -4.96. The SMILES string of the molecule is CC(C)CCCCCCCCCCCCCCCCCCCCC(=O)O[C@H](COC(=O)CCCCCCCCCCCC(C)C)COP(=O)(O)OCC(O)COP(=O)(O)OC[C@@H](COC(=O)CCCCCCCCCCC(C)C)OC(=O)CCCCCCCCCC(C)C. The summed E-state index contributed by atoms with van der Waals surface area (Å²) in [6.07, 6.45) is 48.9. The average molecular weight is 1380 g/mol. The van der Waals surface area contributed by atoms with Gasteiger partial charge >= 0.3 is 39.5 Å². The van der Waals surface area contributed by atoms with Gasteiger partial charge in [-0.3, -0.25) is 37.3 Å². The Morgan fingerprint density at radius 3 is 0.660 bits per heavy atom. The van der Waals surface area contributed by atoms with Crippen LogP contribution in [0.1, 0.15) is 376 Å². The molecule has 0 aromatic rings. The van der Waals surface area contributed by atoms with E-state index in [0.717, 1.165) is 108 Å². The molecule has 5 atom stereocenters. The van der Waals surface area contributed by atoms with Crippen LogP contribution in [0.5, 0.6) is 0 Å². The Balaban J connectivity index is 5.19. The first kappa shape index (κ1) is 92.1. The molecule has 0 aliphatic rings. The zero-order chi connectivity index (χ0) is 69.6. The van der Waals surface area contributed by atoms with Crippen LogP contribution in [0.2, 0.25) is 0 Å². The summed E-state index contributed by atoms with van der Waals surface area (Å²) in [6.45, 7) is 14.1. The number of aliphatic hydroxyl groups is 1. The molecule has 17 nitrogen and oxygen atoms in total. The number of phosphoric acid groups is 2. The summed E-state index contributed by atoms with van der Waals surface area (Å²) in [4.78, 5) is 72.7. The van der Waals surface area contributed by atoms with Gasteiger partial charge < -0.3 is 33.8 Å². The number of aliphatic hydroxyl groups excluding tert-OH is 1. The third-order valence-corrected chi connectivity index (χ3v) is 19.2. The Kier molecular flexibility index (Phi) is 63.1. The highest BCUT2D eigenvalue weighted by atomic mass is 31.2. The van der Waals surface area contributed by atoms with Gasteiger partial charge in [-0.15, -0.1) is 0 Å². The van der Waals surface area contributed by atoms with E-state index in [4.69, 9.17) is 37.0 Å². The van der Waals surface area contributed by atoms with Crippen molar-refractivity contribution in [2.45, 2.75) is 395 Å². The molecule has 0 aromatic carbocycles. The van der Waals surface area contributed by atoms with Crippen molar-refractivity contribution in [2.24, 2.45) is 23.7 Å². The number of esters is 4. The second kappa shape index (κ2) is 64.4. The summed E-state index contributed by atoms with van der Waals surface area (Å²) in [5.41, 5.74) is 0. The molecule has 0 bridgehead atoms. The molecule has 3 N–H and O–H groups in total. The smallest absolute Gasteiger partial charge is 0.462 e. The van der Waals surface area contributed by atoms with Gasteiger partial charge in [0, 0.05) is 25.7 Å². The molecule has 0 spiro atoms. The van der Waals surface area contributed by atoms with E-state index in [0.29, 0.717) is 31.6 Å². The second-order valence-corrected chi connectivity index (χ2v) is 31.9. The molecule has 0 aliphatic carbocycles. The number of carbonyl (C=O) groups excluding carboxylic acids is 4. The standard InChI is InChI=1S/C75H146O17P2/c1-65(2)51-43-35-27-20-17-15-13-11-9-10-12-14-16-18-22-33-41-49-57-74(79)91-70(61-85-72(77)55-47-39-31-23-19-21-28-36-44-52-66(3)4)63-89-93(81,82)87-59-69(76)60-88-94(83,84)90-64-71(92-75(80)58-50-42-34-26-30-38-46-54-68(7)8)62-86-73(78)56-48-40-32-25-24-29-37-45-53-67(5)6/h65-71,76H,9-64H2,1-8H3,(H,81,82)(H,83,84)/t69?,70-,71-/m1/s1. The number of phosphoric ester groups is 2. The van der Waals surface area contributed by atoms with Crippen LogP contribution in [-0.2, 0) is 65.4 Å². The highest BCUT2D eigenvalue weighted by Crippen LogP contribution is 2.45. The molecule has 19 heteroatoms. The highest BCUT2D eigenvalue weighted by Gasteiger charge is 2.30. The fourth-order valence-corrected chi connectivity index (χ4v) is 13.0. The average Bonchev–Trinajstić information content (AvgIpc) is 1.76. The summed E-state index contributed by atoms with van der Waals surface area (Å²) >= 11 is 0. The third-order valence-electron chi connectivity index (χ3n) is 17.3. The Hall–Kier alpha value is -1.94. The molecule has 3 unspecified atom stereocenters. The van der Waals surface area contributed by atoms with Crippen molar-refractivity contribution in [3.63, 3.8) is 0 Å². The maximum Gasteiger partial charge on any atom is 0.472 e. The lowest BCUT2D eigenvalue weighted by atomic mass is 10.0. The van der Waals surface area contributed by atoms with Crippen molar-refractivity contribution in [3.05, 3.63) is 0 Å². The van der Waals surface area contributed by atoms with Crippen LogP contribution in [0.4, 0.5) is 0 Å². The van der Waals surface area contributed by atoms with E-state index in [2.05, 4.69) is 55.4 Å². The van der Waals surface area contributed by atoms with E-state index >= 15 is 0 Å². The van der Waals surface area contributed by atoms with Gasteiger partial charge in [0.05, 0.1) is 26.4 Å². The molecule has 0 radical (unpaired) electrons. The first-order valence-electron chi connectivity index (χ1n) is 38.7. The molecule has 0 aliphatic heterocycles. The molecule has 0 heterocycles. The lowest BCUT2D eigenvalue weighted by Gasteiger charge is -2.21. The lowest BCUT2D eigenvalue weighted by molar-refractivity contribution is -0.161. The number of ether oxygens (including phenoxy) is 4. The Morgan fingerprint density at radius 2 is 0.447 bits per heavy atom. The quantitative estimate of drug-likeness (QED) is 0.0222. The fourth-order valence-electron chi connectivity index (χ4n) is 11.4. The molecule has 0 rings (SSSR count). The molecule has 0 aromatic heterocycles. The Morgan fingerprint density at radius 1 is 0.266 bits per heavy atom. The predicted molar refractivity (Wildman–Crippen MR) is 381 cm³/mol. The van der Waals surface area contributed by atoms with E-state index in [1.807, 2.05) is 0 Å². The summed E-state index contributed by atoms with van der Waals surface area (Å²) in [5.74, 6) is 0.860. The molecule has 0 saturated carbocycles. The van der Waals surface area contributed by atoms with Crippen LogP contribution >= 0.6 is 15.6 Å². The lowest BCUT2D eigenvalue weighted by Crippen LogP contribution is -2.30. The molecule has 558 valence electrons. The summed E-state index contributed by atoms with van der Waals surface area (Å²) in [5, 5.41) is 10.6. The highest BCUT2D eigenvalue weighted by molar-refractivity contribution is 7.47. The fraction of sp³-hybridized carbons (Fsp3) is 0.947. The Bertz CT molecular complexity index is 1850. The predicted octanol–water partition coefficient (Wildman–Crippen LogP) is 21.7. The summed E-state index contributed by atoms with van der Waals surface area (Å²) in [7, 11) is -9.91. The number of hydrogen-bond donors (Lipinski definition) is 3. The van der Waals surface area contributed by atoms with E-state index in [1.165, 1.54) is 180 Å². The monoisotopic (exact) mass is 1380 g/mol. The van der Waals surface area contributed by atoms with Gasteiger partial charge in [0.1, 0.15) is 19.3 Å². The summed E-state index contributed by atoms with van der Waals surface area (Å²) in [6, 6.07) is 0. The molecule has 0 fully saturated rings. The number of hydrogen-bond acceptors (Lipinski definition) is 15. The maximum absolute atomic E-state index is 13.1. The van der Waals surface area contributed by atoms with Crippen molar-refractivity contribution in [3.8, 4) is 0 Å². The van der Waals surface area contributed by atoms with E-state index in [1.54, 1.807) is 0 Å². The first-order valence-corrected chi connectivity index (χ1v) is 41.7.